The molecular weight excluding hydrogens is 403 g/mol. The molecule has 0 aromatic heterocycles. The van der Waals surface area contributed by atoms with Crippen LogP contribution in [0, 0.1) is 18.7 Å². The van der Waals surface area contributed by atoms with Crippen LogP contribution >= 0.6 is 11.6 Å². The third kappa shape index (κ3) is 4.90. The van der Waals surface area contributed by atoms with Crippen molar-refractivity contribution < 1.29 is 17.6 Å². The van der Waals surface area contributed by atoms with E-state index in [9.17, 15) is 17.6 Å². The lowest BCUT2D eigenvalue weighted by molar-refractivity contribution is -0.120. The van der Waals surface area contributed by atoms with Crippen molar-refractivity contribution in [3.05, 3.63) is 64.4 Å². The van der Waals surface area contributed by atoms with Gasteiger partial charge in [-0.2, -0.15) is 0 Å². The van der Waals surface area contributed by atoms with Crippen molar-refractivity contribution >= 4 is 33.2 Å². The standard InChI is InChI=1S/C20H22ClFN2O3S/c1-14-4-2-3-5-16(14)13-28(26,27)24-10-8-15(9-11-24)20(25)23-17-6-7-19(22)18(21)12-17/h2-7,12,15H,8-11,13H2,1H3,(H,23,25). The molecule has 28 heavy (non-hydrogen) atoms. The van der Waals surface area contributed by atoms with Gasteiger partial charge in [-0.15, -0.1) is 0 Å². The number of anilines is 1. The Labute approximate surface area is 169 Å². The maximum Gasteiger partial charge on any atom is 0.227 e. The summed E-state index contributed by atoms with van der Waals surface area (Å²) in [6.07, 6.45) is 0.877. The predicted molar refractivity (Wildman–Crippen MR) is 108 cm³/mol. The molecule has 1 fully saturated rings. The van der Waals surface area contributed by atoms with Crippen LogP contribution in [-0.4, -0.2) is 31.7 Å². The lowest BCUT2D eigenvalue weighted by Crippen LogP contribution is -2.42. The Balaban J connectivity index is 1.58. The van der Waals surface area contributed by atoms with Gasteiger partial charge in [0.25, 0.3) is 0 Å². The molecule has 1 amide bonds. The third-order valence-corrected chi connectivity index (χ3v) is 7.12. The van der Waals surface area contributed by atoms with Gasteiger partial charge in [0.05, 0.1) is 10.8 Å². The number of carbonyl (C=O) groups is 1. The summed E-state index contributed by atoms with van der Waals surface area (Å²) < 4.78 is 40.1. The van der Waals surface area contributed by atoms with Crippen molar-refractivity contribution in [2.75, 3.05) is 18.4 Å². The predicted octanol–water partition coefficient (Wildman–Crippen LogP) is 3.97. The molecule has 150 valence electrons. The van der Waals surface area contributed by atoms with E-state index in [0.717, 1.165) is 11.1 Å². The van der Waals surface area contributed by atoms with Crippen molar-refractivity contribution in [1.82, 2.24) is 4.31 Å². The molecule has 0 radical (unpaired) electrons. The van der Waals surface area contributed by atoms with E-state index in [-0.39, 0.29) is 22.6 Å². The molecule has 0 unspecified atom stereocenters. The number of amides is 1. The van der Waals surface area contributed by atoms with Crippen LogP contribution in [0.1, 0.15) is 24.0 Å². The van der Waals surface area contributed by atoms with Gasteiger partial charge in [0.15, 0.2) is 0 Å². The maximum absolute atomic E-state index is 13.2. The molecule has 0 saturated carbocycles. The highest BCUT2D eigenvalue weighted by atomic mass is 35.5. The van der Waals surface area contributed by atoms with Gasteiger partial charge in [-0.25, -0.2) is 17.1 Å². The smallest absolute Gasteiger partial charge is 0.227 e. The number of nitrogens with one attached hydrogen (secondary N) is 1. The highest BCUT2D eigenvalue weighted by molar-refractivity contribution is 7.88. The lowest BCUT2D eigenvalue weighted by atomic mass is 9.97. The van der Waals surface area contributed by atoms with Gasteiger partial charge in [-0.1, -0.05) is 35.9 Å². The zero-order valence-corrected chi connectivity index (χ0v) is 17.1. The summed E-state index contributed by atoms with van der Waals surface area (Å²) in [5.74, 6) is -1.09. The number of carbonyl (C=O) groups excluding carboxylic acids is 1. The van der Waals surface area contributed by atoms with Gasteiger partial charge in [0, 0.05) is 24.7 Å². The zero-order valence-electron chi connectivity index (χ0n) is 15.5. The molecule has 5 nitrogen and oxygen atoms in total. The average molecular weight is 425 g/mol. The van der Waals surface area contributed by atoms with E-state index >= 15 is 0 Å². The van der Waals surface area contributed by atoms with Gasteiger partial charge in [-0.3, -0.25) is 4.79 Å². The summed E-state index contributed by atoms with van der Waals surface area (Å²) in [5.41, 5.74) is 2.15. The number of hydrogen-bond acceptors (Lipinski definition) is 3. The molecular formula is C20H22ClFN2O3S. The molecule has 3 rings (SSSR count). The highest BCUT2D eigenvalue weighted by Gasteiger charge is 2.31. The van der Waals surface area contributed by atoms with Gasteiger partial charge in [0.1, 0.15) is 5.82 Å². The number of aryl methyl sites for hydroxylation is 1. The number of nitrogens with zero attached hydrogens (tertiary/aromatic N) is 1. The van der Waals surface area contributed by atoms with Crippen molar-refractivity contribution in [3.8, 4) is 0 Å². The lowest BCUT2D eigenvalue weighted by Gasteiger charge is -2.30. The largest absolute Gasteiger partial charge is 0.326 e. The zero-order chi connectivity index (χ0) is 20.3. The Morgan fingerprint density at radius 2 is 1.89 bits per heavy atom. The summed E-state index contributed by atoms with van der Waals surface area (Å²) in [6, 6.07) is 11.4. The first-order chi connectivity index (χ1) is 13.3. The Morgan fingerprint density at radius 1 is 1.21 bits per heavy atom. The molecule has 0 atom stereocenters. The normalized spacial score (nSPS) is 16.1. The van der Waals surface area contributed by atoms with Crippen molar-refractivity contribution in [2.24, 2.45) is 5.92 Å². The van der Waals surface area contributed by atoms with E-state index < -0.39 is 15.8 Å². The van der Waals surface area contributed by atoms with Gasteiger partial charge < -0.3 is 5.32 Å². The van der Waals surface area contributed by atoms with E-state index in [1.807, 2.05) is 31.2 Å². The van der Waals surface area contributed by atoms with Gasteiger partial charge in [-0.05, 0) is 49.1 Å². The van der Waals surface area contributed by atoms with Crippen LogP contribution in [0.5, 0.6) is 0 Å². The Bertz CT molecular complexity index is 973. The summed E-state index contributed by atoms with van der Waals surface area (Å²) in [6.45, 7) is 2.50. The Morgan fingerprint density at radius 3 is 2.54 bits per heavy atom. The number of benzene rings is 2. The van der Waals surface area contributed by atoms with E-state index in [4.69, 9.17) is 11.6 Å². The molecule has 0 spiro atoms. The minimum atomic E-state index is -3.43. The van der Waals surface area contributed by atoms with E-state index in [1.54, 1.807) is 0 Å². The number of halogens is 2. The average Bonchev–Trinajstić information content (AvgIpc) is 2.66. The van der Waals surface area contributed by atoms with Crippen molar-refractivity contribution in [1.29, 1.82) is 0 Å². The van der Waals surface area contributed by atoms with Gasteiger partial charge >= 0.3 is 0 Å². The SMILES string of the molecule is Cc1ccccc1CS(=O)(=O)N1CCC(C(=O)Nc2ccc(F)c(Cl)c2)CC1. The van der Waals surface area contributed by atoms with Crippen LogP contribution in [0.4, 0.5) is 10.1 Å². The third-order valence-electron chi connectivity index (χ3n) is 5.00. The van der Waals surface area contributed by atoms with Crippen LogP contribution in [0.2, 0.25) is 5.02 Å². The van der Waals surface area contributed by atoms with Gasteiger partial charge in [0.2, 0.25) is 15.9 Å². The molecule has 2 aromatic rings. The minimum Gasteiger partial charge on any atom is -0.326 e. The summed E-state index contributed by atoms with van der Waals surface area (Å²) in [7, 11) is -3.43. The summed E-state index contributed by atoms with van der Waals surface area (Å²) in [5, 5.41) is 2.66. The van der Waals surface area contributed by atoms with E-state index in [1.165, 1.54) is 22.5 Å². The number of piperidine rings is 1. The molecule has 1 aliphatic heterocycles. The molecule has 1 saturated heterocycles. The Hall–Kier alpha value is -1.96. The van der Waals surface area contributed by atoms with Crippen LogP contribution < -0.4 is 5.32 Å². The topological polar surface area (TPSA) is 66.5 Å². The number of sulfonamides is 1. The molecule has 2 aromatic carbocycles. The first kappa shape index (κ1) is 20.8. The summed E-state index contributed by atoms with van der Waals surface area (Å²) >= 11 is 5.73. The van der Waals surface area contributed by atoms with Crippen LogP contribution in [0.15, 0.2) is 42.5 Å². The van der Waals surface area contributed by atoms with Crippen molar-refractivity contribution in [3.63, 3.8) is 0 Å². The van der Waals surface area contributed by atoms with Crippen molar-refractivity contribution in [2.45, 2.75) is 25.5 Å². The monoisotopic (exact) mass is 424 g/mol. The Kier molecular flexibility index (Phi) is 6.37. The number of rotatable bonds is 5. The fourth-order valence-electron chi connectivity index (χ4n) is 3.27. The molecule has 8 heteroatoms. The maximum atomic E-state index is 13.2. The first-order valence-corrected chi connectivity index (χ1v) is 11.0. The van der Waals surface area contributed by atoms with Crippen LogP contribution in [-0.2, 0) is 20.6 Å². The summed E-state index contributed by atoms with van der Waals surface area (Å²) in [4.78, 5) is 12.4. The van der Waals surface area contributed by atoms with E-state index in [0.29, 0.717) is 31.6 Å². The quantitative estimate of drug-likeness (QED) is 0.789. The van der Waals surface area contributed by atoms with Crippen LogP contribution in [0.25, 0.3) is 0 Å². The fourth-order valence-corrected chi connectivity index (χ4v) is 5.12. The second-order valence-corrected chi connectivity index (χ2v) is 9.35. The second-order valence-electron chi connectivity index (χ2n) is 6.97. The fraction of sp³-hybridized carbons (Fsp3) is 0.350. The number of hydrogen-bond donors (Lipinski definition) is 1. The molecule has 0 bridgehead atoms. The first-order valence-electron chi connectivity index (χ1n) is 9.04. The molecule has 1 N–H and O–H groups in total. The molecule has 1 heterocycles. The minimum absolute atomic E-state index is 0.0371. The van der Waals surface area contributed by atoms with E-state index in [2.05, 4.69) is 5.32 Å². The molecule has 0 aliphatic carbocycles. The highest BCUT2D eigenvalue weighted by Crippen LogP contribution is 2.25. The second kappa shape index (κ2) is 8.59. The molecule has 1 aliphatic rings. The van der Waals surface area contributed by atoms with Crippen LogP contribution in [0.3, 0.4) is 0 Å².